The van der Waals surface area contributed by atoms with Gasteiger partial charge < -0.3 is 9.47 Å². The molecule has 0 N–H and O–H groups in total. The van der Waals surface area contributed by atoms with Crippen molar-refractivity contribution in [3.63, 3.8) is 0 Å². The van der Waals surface area contributed by atoms with E-state index in [9.17, 15) is 0 Å². The highest BCUT2D eigenvalue weighted by Crippen LogP contribution is 2.36. The minimum absolute atomic E-state index is 0.0331. The molecule has 0 radical (unpaired) electrons. The van der Waals surface area contributed by atoms with E-state index >= 15 is 0 Å². The van der Waals surface area contributed by atoms with E-state index in [2.05, 4.69) is 26.2 Å². The summed E-state index contributed by atoms with van der Waals surface area (Å²) in [6.45, 7) is 3.58. The Labute approximate surface area is 141 Å². The van der Waals surface area contributed by atoms with Crippen molar-refractivity contribution in [1.29, 1.82) is 0 Å². The van der Waals surface area contributed by atoms with Crippen molar-refractivity contribution in [1.82, 2.24) is 24.6 Å². The standard InChI is InChI=1S/C17H23N5O2/c1-21-10-14(9-20-21)11-22-7-2-4-17(13-22)8-15(12-23-17)24-16-18-5-3-6-19-16/h3,5-6,9-10,15H,2,4,7-8,11-13H2,1H3/t15-,17-/m0/s1. The fourth-order valence-corrected chi connectivity index (χ4v) is 3.80. The quantitative estimate of drug-likeness (QED) is 0.845. The maximum Gasteiger partial charge on any atom is 0.316 e. The van der Waals surface area contributed by atoms with Crippen LogP contribution < -0.4 is 4.74 Å². The predicted octanol–water partition coefficient (Wildman–Crippen LogP) is 1.41. The fourth-order valence-electron chi connectivity index (χ4n) is 3.80. The van der Waals surface area contributed by atoms with Crippen molar-refractivity contribution >= 4 is 0 Å². The second kappa shape index (κ2) is 6.49. The van der Waals surface area contributed by atoms with Crippen LogP contribution in [-0.4, -0.2) is 56.0 Å². The smallest absolute Gasteiger partial charge is 0.316 e. The SMILES string of the molecule is Cn1cc(CN2CCC[C@]3(C[C@H](Oc4ncccn4)CO3)C2)cn1. The summed E-state index contributed by atoms with van der Waals surface area (Å²) in [4.78, 5) is 10.7. The van der Waals surface area contributed by atoms with Crippen molar-refractivity contribution in [3.05, 3.63) is 36.4 Å². The summed E-state index contributed by atoms with van der Waals surface area (Å²) < 4.78 is 13.9. The van der Waals surface area contributed by atoms with Gasteiger partial charge in [0.2, 0.25) is 0 Å². The van der Waals surface area contributed by atoms with Gasteiger partial charge in [0.1, 0.15) is 6.10 Å². The van der Waals surface area contributed by atoms with Crippen LogP contribution in [0, 0.1) is 0 Å². The first-order valence-corrected chi connectivity index (χ1v) is 8.48. The maximum absolute atomic E-state index is 6.20. The summed E-state index contributed by atoms with van der Waals surface area (Å²) in [7, 11) is 1.95. The van der Waals surface area contributed by atoms with Gasteiger partial charge in [-0.05, 0) is 25.5 Å². The zero-order valence-corrected chi connectivity index (χ0v) is 14.0. The highest BCUT2D eigenvalue weighted by molar-refractivity contribution is 5.05. The fraction of sp³-hybridized carbons (Fsp3) is 0.588. The predicted molar refractivity (Wildman–Crippen MR) is 87.5 cm³/mol. The van der Waals surface area contributed by atoms with E-state index in [-0.39, 0.29) is 11.7 Å². The van der Waals surface area contributed by atoms with Crippen LogP contribution in [0.1, 0.15) is 24.8 Å². The molecule has 24 heavy (non-hydrogen) atoms. The first-order valence-electron chi connectivity index (χ1n) is 8.48. The molecular formula is C17H23N5O2. The molecule has 2 aliphatic rings. The average Bonchev–Trinajstić information content (AvgIpc) is 3.15. The number of aryl methyl sites for hydroxylation is 1. The van der Waals surface area contributed by atoms with Gasteiger partial charge in [0, 0.05) is 50.7 Å². The van der Waals surface area contributed by atoms with Gasteiger partial charge in [-0.25, -0.2) is 9.97 Å². The highest BCUT2D eigenvalue weighted by Gasteiger charge is 2.44. The molecule has 0 amide bonds. The van der Waals surface area contributed by atoms with Gasteiger partial charge in [-0.2, -0.15) is 5.10 Å². The lowest BCUT2D eigenvalue weighted by Crippen LogP contribution is -2.47. The first-order chi connectivity index (χ1) is 11.7. The summed E-state index contributed by atoms with van der Waals surface area (Å²) in [5.74, 6) is 0. The number of likely N-dealkylation sites (tertiary alicyclic amines) is 1. The number of ether oxygens (including phenoxy) is 2. The van der Waals surface area contributed by atoms with Crippen molar-refractivity contribution in [2.24, 2.45) is 7.05 Å². The lowest BCUT2D eigenvalue weighted by molar-refractivity contribution is -0.0538. The highest BCUT2D eigenvalue weighted by atomic mass is 16.6. The third kappa shape index (κ3) is 3.42. The van der Waals surface area contributed by atoms with Crippen LogP contribution in [-0.2, 0) is 18.3 Å². The minimum atomic E-state index is -0.0973. The number of piperidine rings is 1. The van der Waals surface area contributed by atoms with E-state index in [1.54, 1.807) is 18.5 Å². The number of hydrogen-bond acceptors (Lipinski definition) is 6. The summed E-state index contributed by atoms with van der Waals surface area (Å²) >= 11 is 0. The third-order valence-electron chi connectivity index (χ3n) is 4.77. The van der Waals surface area contributed by atoms with E-state index in [1.165, 1.54) is 5.56 Å². The molecule has 0 aliphatic carbocycles. The van der Waals surface area contributed by atoms with Gasteiger partial charge in [-0.15, -0.1) is 0 Å². The Hall–Kier alpha value is -1.99. The first kappa shape index (κ1) is 15.5. The van der Waals surface area contributed by atoms with Crippen molar-refractivity contribution < 1.29 is 9.47 Å². The molecule has 2 aromatic rings. The molecule has 1 spiro atoms. The molecule has 7 heteroatoms. The molecule has 4 rings (SSSR count). The second-order valence-electron chi connectivity index (χ2n) is 6.81. The molecule has 2 atom stereocenters. The normalized spacial score (nSPS) is 27.6. The van der Waals surface area contributed by atoms with E-state index in [1.807, 2.05) is 17.9 Å². The van der Waals surface area contributed by atoms with Crippen LogP contribution in [0.3, 0.4) is 0 Å². The molecule has 128 valence electrons. The van der Waals surface area contributed by atoms with Crippen LogP contribution in [0.5, 0.6) is 6.01 Å². The Bertz CT molecular complexity index is 677. The topological polar surface area (TPSA) is 65.3 Å². The van der Waals surface area contributed by atoms with E-state index in [4.69, 9.17) is 9.47 Å². The largest absolute Gasteiger partial charge is 0.458 e. The minimum Gasteiger partial charge on any atom is -0.458 e. The summed E-state index contributed by atoms with van der Waals surface area (Å²) in [6.07, 6.45) is 10.6. The Kier molecular flexibility index (Phi) is 4.20. The van der Waals surface area contributed by atoms with Crippen LogP contribution in [0.2, 0.25) is 0 Å². The molecule has 0 unspecified atom stereocenters. The van der Waals surface area contributed by atoms with Crippen LogP contribution in [0.25, 0.3) is 0 Å². The van der Waals surface area contributed by atoms with Gasteiger partial charge in [-0.1, -0.05) is 0 Å². The molecule has 0 bridgehead atoms. The molecule has 7 nitrogen and oxygen atoms in total. The molecule has 2 saturated heterocycles. The van der Waals surface area contributed by atoms with Crippen molar-refractivity contribution in [3.8, 4) is 6.01 Å². The lowest BCUT2D eigenvalue weighted by atomic mass is 9.89. The van der Waals surface area contributed by atoms with Gasteiger partial charge in [-0.3, -0.25) is 9.58 Å². The molecule has 2 aromatic heterocycles. The van der Waals surface area contributed by atoms with Crippen molar-refractivity contribution in [2.45, 2.75) is 37.5 Å². The summed E-state index contributed by atoms with van der Waals surface area (Å²) in [5.41, 5.74) is 1.15. The number of nitrogens with zero attached hydrogens (tertiary/aromatic N) is 5. The molecular weight excluding hydrogens is 306 g/mol. The van der Waals surface area contributed by atoms with Gasteiger partial charge in [0.05, 0.1) is 18.4 Å². The van der Waals surface area contributed by atoms with Crippen LogP contribution >= 0.6 is 0 Å². The van der Waals surface area contributed by atoms with E-state index in [0.29, 0.717) is 12.6 Å². The third-order valence-corrected chi connectivity index (χ3v) is 4.77. The van der Waals surface area contributed by atoms with Crippen molar-refractivity contribution in [2.75, 3.05) is 19.7 Å². The summed E-state index contributed by atoms with van der Waals surface area (Å²) in [5, 5.41) is 4.25. The van der Waals surface area contributed by atoms with Crippen LogP contribution in [0.15, 0.2) is 30.9 Å². The zero-order valence-electron chi connectivity index (χ0n) is 14.0. The molecule has 4 heterocycles. The maximum atomic E-state index is 6.20. The number of rotatable bonds is 4. The zero-order chi connectivity index (χ0) is 16.4. The Balaban J connectivity index is 1.36. The summed E-state index contributed by atoms with van der Waals surface area (Å²) in [6, 6.07) is 2.22. The van der Waals surface area contributed by atoms with E-state index in [0.717, 1.165) is 38.9 Å². The lowest BCUT2D eigenvalue weighted by Gasteiger charge is -2.39. The van der Waals surface area contributed by atoms with Gasteiger partial charge in [0.15, 0.2) is 0 Å². The number of aromatic nitrogens is 4. The Morgan fingerprint density at radius 2 is 2.25 bits per heavy atom. The molecule has 2 aliphatic heterocycles. The molecule has 2 fully saturated rings. The monoisotopic (exact) mass is 329 g/mol. The van der Waals surface area contributed by atoms with Gasteiger partial charge in [0.25, 0.3) is 0 Å². The molecule has 0 saturated carbocycles. The average molecular weight is 329 g/mol. The van der Waals surface area contributed by atoms with Crippen LogP contribution in [0.4, 0.5) is 0 Å². The van der Waals surface area contributed by atoms with E-state index < -0.39 is 0 Å². The Morgan fingerprint density at radius 3 is 3.04 bits per heavy atom. The number of hydrogen-bond donors (Lipinski definition) is 0. The van der Waals surface area contributed by atoms with Gasteiger partial charge >= 0.3 is 6.01 Å². The Morgan fingerprint density at radius 1 is 1.38 bits per heavy atom. The second-order valence-corrected chi connectivity index (χ2v) is 6.81. The molecule has 0 aromatic carbocycles.